The molecule has 5 rings (SSSR count). The van der Waals surface area contributed by atoms with E-state index >= 15 is 0 Å². The van der Waals surface area contributed by atoms with Crippen molar-refractivity contribution in [3.63, 3.8) is 0 Å². The fourth-order valence-corrected chi connectivity index (χ4v) is 12.2. The van der Waals surface area contributed by atoms with Crippen LogP contribution < -0.4 is 0 Å². The highest BCUT2D eigenvalue weighted by atomic mass is 16.5. The highest BCUT2D eigenvalue weighted by Gasteiger charge is 2.71. The zero-order valence-corrected chi connectivity index (χ0v) is 25.6. The van der Waals surface area contributed by atoms with E-state index in [1.165, 1.54) is 56.9 Å². The second-order valence-electron chi connectivity index (χ2n) is 15.8. The highest BCUT2D eigenvalue weighted by Crippen LogP contribution is 2.77. The second-order valence-corrected chi connectivity index (χ2v) is 15.8. The Morgan fingerprint density at radius 3 is 2.11 bits per heavy atom. The Morgan fingerprint density at radius 1 is 0.763 bits per heavy atom. The van der Waals surface area contributed by atoms with Gasteiger partial charge in [-0.25, -0.2) is 0 Å². The van der Waals surface area contributed by atoms with E-state index in [1.807, 2.05) is 0 Å². The molecule has 0 spiro atoms. The molecule has 5 aliphatic carbocycles. The summed E-state index contributed by atoms with van der Waals surface area (Å²) in [6.45, 7) is 23.1. The van der Waals surface area contributed by atoms with Gasteiger partial charge in [-0.05, 0) is 117 Å². The van der Waals surface area contributed by atoms with Crippen molar-refractivity contribution in [1.82, 2.24) is 0 Å². The van der Waals surface area contributed by atoms with Crippen molar-refractivity contribution in [1.29, 1.82) is 0 Å². The largest absolute Gasteiger partial charge is 0.465 e. The molecule has 0 N–H and O–H groups in total. The molecule has 0 bridgehead atoms. The number of ether oxygens (including phenoxy) is 2. The fourth-order valence-electron chi connectivity index (χ4n) is 12.2. The predicted octanol–water partition coefficient (Wildman–Crippen LogP) is 8.14. The van der Waals surface area contributed by atoms with E-state index in [4.69, 9.17) is 9.47 Å². The number of rotatable bonds is 4. The molecule has 5 fully saturated rings. The van der Waals surface area contributed by atoms with Crippen LogP contribution in [0.15, 0.2) is 12.2 Å². The Kier molecular flexibility index (Phi) is 6.76. The number of esters is 2. The predicted molar refractivity (Wildman–Crippen MR) is 151 cm³/mol. The summed E-state index contributed by atoms with van der Waals surface area (Å²) in [7, 11) is 0. The Hall–Kier alpha value is -1.32. The summed E-state index contributed by atoms with van der Waals surface area (Å²) >= 11 is 0. The molecule has 214 valence electrons. The molecular weight excluding hydrogens is 472 g/mol. The van der Waals surface area contributed by atoms with Crippen LogP contribution in [-0.2, 0) is 19.1 Å². The van der Waals surface area contributed by atoms with Gasteiger partial charge in [0.05, 0.1) is 6.61 Å². The van der Waals surface area contributed by atoms with Crippen molar-refractivity contribution in [3.05, 3.63) is 12.2 Å². The number of allylic oxidation sites excluding steroid dienone is 1. The number of fused-ring (bicyclic) bond motifs is 7. The zero-order chi connectivity index (χ0) is 27.9. The third-order valence-corrected chi connectivity index (χ3v) is 14.0. The van der Waals surface area contributed by atoms with E-state index in [2.05, 4.69) is 48.1 Å². The number of hydrogen-bond donors (Lipinski definition) is 0. The third-order valence-electron chi connectivity index (χ3n) is 14.0. The molecule has 9 unspecified atom stereocenters. The molecule has 0 aliphatic heterocycles. The van der Waals surface area contributed by atoms with Gasteiger partial charge in [-0.3, -0.25) is 9.59 Å². The van der Waals surface area contributed by atoms with Gasteiger partial charge in [0.2, 0.25) is 0 Å². The minimum atomic E-state index is -0.140. The van der Waals surface area contributed by atoms with Gasteiger partial charge in [0.1, 0.15) is 6.10 Å². The molecule has 0 heterocycles. The van der Waals surface area contributed by atoms with E-state index in [0.717, 1.165) is 12.8 Å². The maximum Gasteiger partial charge on any atom is 0.302 e. The van der Waals surface area contributed by atoms with Crippen molar-refractivity contribution < 1.29 is 19.1 Å². The average Bonchev–Trinajstić information content (AvgIpc) is 3.20. The van der Waals surface area contributed by atoms with Crippen LogP contribution in [0.25, 0.3) is 0 Å². The van der Waals surface area contributed by atoms with Crippen molar-refractivity contribution in [3.8, 4) is 0 Å². The number of carbonyl (C=O) groups excluding carboxylic acids is 2. The van der Waals surface area contributed by atoms with Gasteiger partial charge < -0.3 is 9.47 Å². The molecule has 0 aromatic rings. The molecule has 10 atom stereocenters. The van der Waals surface area contributed by atoms with Crippen LogP contribution in [0.4, 0.5) is 0 Å². The lowest BCUT2D eigenvalue weighted by atomic mass is 9.32. The number of hydrogen-bond acceptors (Lipinski definition) is 4. The standard InChI is InChI=1S/C34H54O4/c1-21(2)24-12-17-34(20-37-22(3)35)19-18-32(8)25(29(24)34)10-11-27-31(7)15-14-28(38-23(4)36)30(5,6)26(31)13-16-33(27,32)9/h24-29H,1,10-20H2,2-9H3/t24?,25?,26?,27?,28?,29?,31?,32-,33?,34?/m1/s1. The molecule has 0 saturated heterocycles. The maximum absolute atomic E-state index is 11.9. The molecule has 5 aliphatic rings. The van der Waals surface area contributed by atoms with Crippen LogP contribution in [-0.4, -0.2) is 24.6 Å². The van der Waals surface area contributed by atoms with Gasteiger partial charge in [-0.2, -0.15) is 0 Å². The SMILES string of the molecule is C=C(C)C1CCC2(COC(C)=O)CC[C@]3(C)C(CCC4C5(C)CCC(OC(C)=O)C(C)(C)C5CCC43C)C12. The van der Waals surface area contributed by atoms with Gasteiger partial charge in [-0.1, -0.05) is 46.8 Å². The molecule has 0 aromatic heterocycles. The molecule has 0 aromatic carbocycles. The van der Waals surface area contributed by atoms with Gasteiger partial charge in [-0.15, -0.1) is 0 Å². The average molecular weight is 527 g/mol. The minimum Gasteiger partial charge on any atom is -0.465 e. The Morgan fingerprint density at radius 2 is 1.47 bits per heavy atom. The van der Waals surface area contributed by atoms with Crippen molar-refractivity contribution in [2.45, 2.75) is 126 Å². The summed E-state index contributed by atoms with van der Waals surface area (Å²) in [4.78, 5) is 23.8. The Labute approximate surface area is 232 Å². The van der Waals surface area contributed by atoms with Crippen molar-refractivity contribution >= 4 is 11.9 Å². The lowest BCUT2D eigenvalue weighted by Crippen LogP contribution is -2.67. The van der Waals surface area contributed by atoms with Crippen LogP contribution in [0.1, 0.15) is 120 Å². The van der Waals surface area contributed by atoms with Gasteiger partial charge in [0.25, 0.3) is 0 Å². The quantitative estimate of drug-likeness (QED) is 0.274. The maximum atomic E-state index is 11.9. The zero-order valence-electron chi connectivity index (χ0n) is 25.6. The van der Waals surface area contributed by atoms with Crippen molar-refractivity contribution in [2.24, 2.45) is 56.7 Å². The van der Waals surface area contributed by atoms with Gasteiger partial charge >= 0.3 is 11.9 Å². The first kappa shape index (κ1) is 28.2. The highest BCUT2D eigenvalue weighted by molar-refractivity contribution is 5.66. The smallest absolute Gasteiger partial charge is 0.302 e. The summed E-state index contributed by atoms with van der Waals surface area (Å²) < 4.78 is 11.7. The van der Waals surface area contributed by atoms with Gasteiger partial charge in [0.15, 0.2) is 0 Å². The third kappa shape index (κ3) is 3.80. The molecule has 4 heteroatoms. The topological polar surface area (TPSA) is 52.6 Å². The van der Waals surface area contributed by atoms with Crippen molar-refractivity contribution in [2.75, 3.05) is 6.61 Å². The minimum absolute atomic E-state index is 0.00000109. The van der Waals surface area contributed by atoms with Crippen LogP contribution in [0.3, 0.4) is 0 Å². The second kappa shape index (κ2) is 9.10. The Bertz CT molecular complexity index is 998. The summed E-state index contributed by atoms with van der Waals surface area (Å²) in [5.74, 6) is 2.76. The van der Waals surface area contributed by atoms with E-state index in [9.17, 15) is 9.59 Å². The molecular formula is C34H54O4. The first-order chi connectivity index (χ1) is 17.6. The fraction of sp³-hybridized carbons (Fsp3) is 0.882. The lowest BCUT2D eigenvalue weighted by Gasteiger charge is -2.73. The normalized spacial score (nSPS) is 49.1. The van der Waals surface area contributed by atoms with E-state index in [1.54, 1.807) is 13.8 Å². The summed E-state index contributed by atoms with van der Waals surface area (Å²) in [5, 5.41) is 0. The first-order valence-electron chi connectivity index (χ1n) is 15.6. The Balaban J connectivity index is 1.49. The van der Waals surface area contributed by atoms with E-state index < -0.39 is 0 Å². The summed E-state index contributed by atoms with van der Waals surface area (Å²) in [6.07, 6.45) is 12.0. The van der Waals surface area contributed by atoms with Crippen LogP contribution in [0.2, 0.25) is 0 Å². The summed E-state index contributed by atoms with van der Waals surface area (Å²) in [6, 6.07) is 0. The van der Waals surface area contributed by atoms with E-state index in [0.29, 0.717) is 41.6 Å². The lowest BCUT2D eigenvalue weighted by molar-refractivity contribution is -0.252. The van der Waals surface area contributed by atoms with Crippen LogP contribution >= 0.6 is 0 Å². The molecule has 0 radical (unpaired) electrons. The summed E-state index contributed by atoms with van der Waals surface area (Å²) in [5.41, 5.74) is 2.30. The molecule has 0 amide bonds. The molecule has 4 nitrogen and oxygen atoms in total. The first-order valence-corrected chi connectivity index (χ1v) is 15.6. The van der Waals surface area contributed by atoms with Crippen LogP contribution in [0.5, 0.6) is 0 Å². The number of carbonyl (C=O) groups is 2. The van der Waals surface area contributed by atoms with E-state index in [-0.39, 0.29) is 39.7 Å². The molecule has 5 saturated carbocycles. The molecule has 38 heavy (non-hydrogen) atoms. The monoisotopic (exact) mass is 526 g/mol. The van der Waals surface area contributed by atoms with Gasteiger partial charge in [0, 0.05) is 24.7 Å². The van der Waals surface area contributed by atoms with Crippen LogP contribution in [0, 0.1) is 56.7 Å².